The third kappa shape index (κ3) is 6.29. The van der Waals surface area contributed by atoms with Gasteiger partial charge in [0.25, 0.3) is 10.0 Å². The first-order chi connectivity index (χ1) is 15.2. The van der Waals surface area contributed by atoms with Gasteiger partial charge in [0.15, 0.2) is 0 Å². The van der Waals surface area contributed by atoms with Gasteiger partial charge in [-0.3, -0.25) is 9.52 Å². The van der Waals surface area contributed by atoms with E-state index in [0.717, 1.165) is 0 Å². The Bertz CT molecular complexity index is 1230. The molecule has 168 valence electrons. The first kappa shape index (κ1) is 24.2. The SMILES string of the molecule is CCOC(=O)Cc1ccc(Oc2ccc(NS(=O)(=O)c3ccc(Cl)c(Cl)c3)cc2)c(Cl)c1. The van der Waals surface area contributed by atoms with Crippen molar-refractivity contribution in [3.05, 3.63) is 81.3 Å². The number of hydrogen-bond acceptors (Lipinski definition) is 5. The van der Waals surface area contributed by atoms with Crippen LogP contribution >= 0.6 is 34.8 Å². The second kappa shape index (κ2) is 10.4. The highest BCUT2D eigenvalue weighted by molar-refractivity contribution is 7.92. The van der Waals surface area contributed by atoms with E-state index in [1.807, 2.05) is 0 Å². The Kier molecular flexibility index (Phi) is 7.90. The number of sulfonamides is 1. The van der Waals surface area contributed by atoms with Gasteiger partial charge in [-0.25, -0.2) is 8.42 Å². The Morgan fingerprint density at radius 2 is 1.62 bits per heavy atom. The van der Waals surface area contributed by atoms with Crippen molar-refractivity contribution in [2.45, 2.75) is 18.2 Å². The highest BCUT2D eigenvalue weighted by Crippen LogP contribution is 2.31. The zero-order valence-electron chi connectivity index (χ0n) is 16.8. The molecule has 0 aliphatic rings. The molecular weight excluding hydrogens is 497 g/mol. The van der Waals surface area contributed by atoms with Crippen molar-refractivity contribution < 1.29 is 22.7 Å². The second-order valence-corrected chi connectivity index (χ2v) is 9.46. The molecule has 0 saturated carbocycles. The first-order valence-electron chi connectivity index (χ1n) is 9.38. The molecule has 0 radical (unpaired) electrons. The third-order valence-corrected chi connectivity index (χ3v) is 6.60. The molecule has 3 aromatic carbocycles. The van der Waals surface area contributed by atoms with Gasteiger partial charge in [0, 0.05) is 5.69 Å². The zero-order valence-corrected chi connectivity index (χ0v) is 19.9. The van der Waals surface area contributed by atoms with Gasteiger partial charge in [0.1, 0.15) is 11.5 Å². The Balaban J connectivity index is 1.68. The van der Waals surface area contributed by atoms with Gasteiger partial charge in [0.05, 0.1) is 33.0 Å². The number of esters is 1. The summed E-state index contributed by atoms with van der Waals surface area (Å²) in [6.45, 7) is 2.05. The van der Waals surface area contributed by atoms with E-state index in [4.69, 9.17) is 44.3 Å². The van der Waals surface area contributed by atoms with Crippen LogP contribution < -0.4 is 9.46 Å². The van der Waals surface area contributed by atoms with Crippen LogP contribution in [-0.4, -0.2) is 21.0 Å². The number of benzene rings is 3. The molecule has 0 bridgehead atoms. The van der Waals surface area contributed by atoms with E-state index < -0.39 is 10.0 Å². The maximum Gasteiger partial charge on any atom is 0.310 e. The summed E-state index contributed by atoms with van der Waals surface area (Å²) in [6.07, 6.45) is 0.113. The quantitative estimate of drug-likeness (QED) is 0.354. The predicted octanol–water partition coefficient (Wildman–Crippen LogP) is 6.35. The molecule has 0 saturated heterocycles. The monoisotopic (exact) mass is 513 g/mol. The summed E-state index contributed by atoms with van der Waals surface area (Å²) in [5.41, 5.74) is 1.03. The summed E-state index contributed by atoms with van der Waals surface area (Å²) in [6, 6.07) is 15.3. The molecule has 3 aromatic rings. The highest BCUT2D eigenvalue weighted by atomic mass is 35.5. The molecule has 0 spiro atoms. The fraction of sp³-hybridized carbons (Fsp3) is 0.136. The van der Waals surface area contributed by atoms with E-state index in [2.05, 4.69) is 4.72 Å². The molecule has 1 N–H and O–H groups in total. The number of carbonyl (C=O) groups is 1. The summed E-state index contributed by atoms with van der Waals surface area (Å²) < 4.78 is 38.2. The van der Waals surface area contributed by atoms with Crippen molar-refractivity contribution in [1.82, 2.24) is 0 Å². The van der Waals surface area contributed by atoms with Crippen molar-refractivity contribution in [3.63, 3.8) is 0 Å². The van der Waals surface area contributed by atoms with Crippen molar-refractivity contribution in [3.8, 4) is 11.5 Å². The Morgan fingerprint density at radius 3 is 2.25 bits per heavy atom. The average molecular weight is 515 g/mol. The van der Waals surface area contributed by atoms with Crippen molar-refractivity contribution >= 4 is 56.5 Å². The number of nitrogens with one attached hydrogen (secondary N) is 1. The number of hydrogen-bond donors (Lipinski definition) is 1. The second-order valence-electron chi connectivity index (χ2n) is 6.55. The number of halogens is 3. The fourth-order valence-corrected chi connectivity index (χ4v) is 4.38. The third-order valence-electron chi connectivity index (χ3n) is 4.19. The van der Waals surface area contributed by atoms with Crippen LogP contribution in [0.1, 0.15) is 12.5 Å². The Labute approximate surface area is 201 Å². The van der Waals surface area contributed by atoms with Crippen molar-refractivity contribution in [1.29, 1.82) is 0 Å². The molecule has 0 aliphatic heterocycles. The molecule has 0 heterocycles. The van der Waals surface area contributed by atoms with Gasteiger partial charge in [-0.2, -0.15) is 0 Å². The predicted molar refractivity (Wildman–Crippen MR) is 126 cm³/mol. The fourth-order valence-electron chi connectivity index (χ4n) is 2.69. The van der Waals surface area contributed by atoms with Crippen LogP contribution in [0.5, 0.6) is 11.5 Å². The van der Waals surface area contributed by atoms with Gasteiger partial charge in [-0.15, -0.1) is 0 Å². The van der Waals surface area contributed by atoms with Crippen LogP contribution in [0.2, 0.25) is 15.1 Å². The Morgan fingerprint density at radius 1 is 0.906 bits per heavy atom. The maximum atomic E-state index is 12.5. The molecule has 0 amide bonds. The minimum Gasteiger partial charge on any atom is -0.466 e. The van der Waals surface area contributed by atoms with Crippen LogP contribution in [0.15, 0.2) is 65.6 Å². The van der Waals surface area contributed by atoms with E-state index in [1.54, 1.807) is 49.4 Å². The molecule has 32 heavy (non-hydrogen) atoms. The summed E-state index contributed by atoms with van der Waals surface area (Å²) in [4.78, 5) is 11.6. The molecule has 0 aromatic heterocycles. The van der Waals surface area contributed by atoms with Gasteiger partial charge in [-0.05, 0) is 67.1 Å². The van der Waals surface area contributed by atoms with Gasteiger partial charge < -0.3 is 9.47 Å². The van der Waals surface area contributed by atoms with Crippen LogP contribution in [0.4, 0.5) is 5.69 Å². The molecular formula is C22H18Cl3NO5S. The molecule has 0 unspecified atom stereocenters. The Hall–Kier alpha value is -2.45. The van der Waals surface area contributed by atoms with E-state index in [9.17, 15) is 13.2 Å². The number of rotatable bonds is 8. The smallest absolute Gasteiger partial charge is 0.310 e. The summed E-state index contributed by atoms with van der Waals surface area (Å²) in [7, 11) is -3.84. The molecule has 0 fully saturated rings. The standard InChI is InChI=1S/C22H18Cl3NO5S/c1-2-30-22(27)12-14-3-10-21(20(25)11-14)31-16-6-4-15(5-7-16)26-32(28,29)17-8-9-18(23)19(24)13-17/h3-11,13,26H,2,12H2,1H3. The van der Waals surface area contributed by atoms with Crippen LogP contribution in [0, 0.1) is 0 Å². The van der Waals surface area contributed by atoms with E-state index in [0.29, 0.717) is 34.4 Å². The van der Waals surface area contributed by atoms with E-state index in [1.165, 1.54) is 18.2 Å². The summed E-state index contributed by atoms with van der Waals surface area (Å²) in [5, 5.41) is 0.736. The lowest BCUT2D eigenvalue weighted by Gasteiger charge is -2.11. The number of anilines is 1. The van der Waals surface area contributed by atoms with Gasteiger partial charge in [-0.1, -0.05) is 40.9 Å². The van der Waals surface area contributed by atoms with Crippen molar-refractivity contribution in [2.24, 2.45) is 0 Å². The van der Waals surface area contributed by atoms with Crippen LogP contribution in [-0.2, 0) is 26.0 Å². The van der Waals surface area contributed by atoms with Crippen LogP contribution in [0.25, 0.3) is 0 Å². The molecule has 3 rings (SSSR count). The topological polar surface area (TPSA) is 81.7 Å². The minimum absolute atomic E-state index is 0.0121. The molecule has 6 nitrogen and oxygen atoms in total. The zero-order chi connectivity index (χ0) is 23.3. The largest absolute Gasteiger partial charge is 0.466 e. The lowest BCUT2D eigenvalue weighted by molar-refractivity contribution is -0.142. The molecule has 0 aliphatic carbocycles. The highest BCUT2D eigenvalue weighted by Gasteiger charge is 2.16. The lowest BCUT2D eigenvalue weighted by atomic mass is 10.1. The molecule has 10 heteroatoms. The summed E-state index contributed by atoms with van der Waals surface area (Å²) >= 11 is 18.0. The maximum absolute atomic E-state index is 12.5. The first-order valence-corrected chi connectivity index (χ1v) is 12.0. The van der Waals surface area contributed by atoms with Crippen LogP contribution in [0.3, 0.4) is 0 Å². The number of ether oxygens (including phenoxy) is 2. The average Bonchev–Trinajstić information content (AvgIpc) is 2.73. The van der Waals surface area contributed by atoms with Gasteiger partial charge in [0.2, 0.25) is 0 Å². The number of carbonyl (C=O) groups excluding carboxylic acids is 1. The van der Waals surface area contributed by atoms with E-state index >= 15 is 0 Å². The minimum atomic E-state index is -3.84. The van der Waals surface area contributed by atoms with Crippen molar-refractivity contribution in [2.75, 3.05) is 11.3 Å². The normalized spacial score (nSPS) is 11.1. The van der Waals surface area contributed by atoms with E-state index in [-0.39, 0.29) is 27.3 Å². The van der Waals surface area contributed by atoms with Gasteiger partial charge >= 0.3 is 5.97 Å². The summed E-state index contributed by atoms with van der Waals surface area (Å²) in [5.74, 6) is 0.502. The lowest BCUT2D eigenvalue weighted by Crippen LogP contribution is -2.12. The molecule has 0 atom stereocenters.